The van der Waals surface area contributed by atoms with Crippen molar-refractivity contribution in [2.75, 3.05) is 0 Å². The van der Waals surface area contributed by atoms with Gasteiger partial charge in [0.15, 0.2) is 0 Å². The van der Waals surface area contributed by atoms with Crippen LogP contribution in [0.5, 0.6) is 0 Å². The Bertz CT molecular complexity index is 1390. The van der Waals surface area contributed by atoms with E-state index in [0.717, 1.165) is 30.4 Å². The molecule has 0 bridgehead atoms. The zero-order valence-electron chi connectivity index (χ0n) is 24.5. The minimum atomic E-state index is -0.947. The summed E-state index contributed by atoms with van der Waals surface area (Å²) in [4.78, 5) is 43.1. The Hall–Kier alpha value is -4.57. The van der Waals surface area contributed by atoms with Crippen molar-refractivity contribution in [3.8, 4) is 12.3 Å². The second kappa shape index (κ2) is 13.9. The number of terminal acetylenes is 1. The number of hydrogen-bond donors (Lipinski definition) is 2. The molecule has 1 saturated carbocycles. The van der Waals surface area contributed by atoms with Crippen LogP contribution in [0.4, 0.5) is 4.79 Å². The van der Waals surface area contributed by atoms with Crippen molar-refractivity contribution in [2.24, 2.45) is 0 Å². The maximum atomic E-state index is 14.5. The van der Waals surface area contributed by atoms with Crippen LogP contribution in [-0.2, 0) is 27.3 Å². The van der Waals surface area contributed by atoms with E-state index in [1.807, 2.05) is 60.7 Å². The SMILES string of the molecule is C#Cc1ccc(C(C(=O)NCc2ccccc2)N(C(=O)C(Cc2ccccc2)NC(=O)OC(C)(C)C)C2CCC2)cc1. The minimum absolute atomic E-state index is 0.156. The summed E-state index contributed by atoms with van der Waals surface area (Å²) in [6, 6.07) is 24.2. The number of amides is 3. The molecule has 0 heterocycles. The number of carbonyl (C=O) groups is 3. The molecule has 3 aromatic rings. The molecule has 2 N–H and O–H groups in total. The Balaban J connectivity index is 1.70. The topological polar surface area (TPSA) is 87.7 Å². The van der Waals surface area contributed by atoms with Crippen molar-refractivity contribution in [1.29, 1.82) is 0 Å². The van der Waals surface area contributed by atoms with Gasteiger partial charge in [-0.15, -0.1) is 6.42 Å². The number of carbonyl (C=O) groups excluding carboxylic acids is 3. The number of hydrogen-bond acceptors (Lipinski definition) is 4. The smallest absolute Gasteiger partial charge is 0.408 e. The zero-order chi connectivity index (χ0) is 30.1. The summed E-state index contributed by atoms with van der Waals surface area (Å²) < 4.78 is 5.52. The Morgan fingerprint density at radius 2 is 1.52 bits per heavy atom. The van der Waals surface area contributed by atoms with Crippen LogP contribution in [0.2, 0.25) is 0 Å². The number of rotatable bonds is 10. The number of alkyl carbamates (subject to hydrolysis) is 1. The van der Waals surface area contributed by atoms with Crippen molar-refractivity contribution in [3.63, 3.8) is 0 Å². The largest absolute Gasteiger partial charge is 0.444 e. The van der Waals surface area contributed by atoms with Crippen LogP contribution in [-0.4, -0.2) is 40.5 Å². The van der Waals surface area contributed by atoms with Crippen molar-refractivity contribution in [2.45, 2.75) is 76.7 Å². The number of ether oxygens (including phenoxy) is 1. The Labute approximate surface area is 248 Å². The summed E-state index contributed by atoms with van der Waals surface area (Å²) in [5.74, 6) is 1.97. The molecule has 2 unspecified atom stereocenters. The molecule has 0 saturated heterocycles. The molecule has 218 valence electrons. The fraction of sp³-hybridized carbons (Fsp3) is 0.343. The van der Waals surface area contributed by atoms with E-state index in [9.17, 15) is 14.4 Å². The molecule has 1 fully saturated rings. The zero-order valence-corrected chi connectivity index (χ0v) is 24.5. The van der Waals surface area contributed by atoms with Gasteiger partial charge >= 0.3 is 6.09 Å². The first-order valence-corrected chi connectivity index (χ1v) is 14.4. The molecule has 3 aromatic carbocycles. The summed E-state index contributed by atoms with van der Waals surface area (Å²) in [5.41, 5.74) is 2.41. The summed E-state index contributed by atoms with van der Waals surface area (Å²) in [5, 5.41) is 5.86. The molecule has 42 heavy (non-hydrogen) atoms. The Morgan fingerprint density at radius 1 is 0.929 bits per heavy atom. The summed E-state index contributed by atoms with van der Waals surface area (Å²) in [6.07, 6.45) is 7.63. The second-order valence-electron chi connectivity index (χ2n) is 11.6. The maximum absolute atomic E-state index is 14.5. The van der Waals surface area contributed by atoms with E-state index in [4.69, 9.17) is 11.2 Å². The third kappa shape index (κ3) is 8.23. The summed E-state index contributed by atoms with van der Waals surface area (Å²) in [7, 11) is 0. The van der Waals surface area contributed by atoms with E-state index in [1.54, 1.807) is 49.9 Å². The molecule has 7 nitrogen and oxygen atoms in total. The lowest BCUT2D eigenvalue weighted by Crippen LogP contribution is -2.58. The van der Waals surface area contributed by atoms with E-state index in [-0.39, 0.29) is 24.3 Å². The number of nitrogens with zero attached hydrogens (tertiary/aromatic N) is 1. The van der Waals surface area contributed by atoms with Crippen molar-refractivity contribution in [1.82, 2.24) is 15.5 Å². The third-order valence-corrected chi connectivity index (χ3v) is 7.22. The number of benzene rings is 3. The highest BCUT2D eigenvalue weighted by atomic mass is 16.6. The summed E-state index contributed by atoms with van der Waals surface area (Å²) >= 11 is 0. The van der Waals surface area contributed by atoms with Gasteiger partial charge in [0.25, 0.3) is 0 Å². The second-order valence-corrected chi connectivity index (χ2v) is 11.6. The average Bonchev–Trinajstić information content (AvgIpc) is 2.94. The van der Waals surface area contributed by atoms with Gasteiger partial charge in [-0.1, -0.05) is 78.7 Å². The molecule has 0 spiro atoms. The normalized spacial score (nSPS) is 14.4. The van der Waals surface area contributed by atoms with Crippen LogP contribution in [0.15, 0.2) is 84.9 Å². The first kappa shape index (κ1) is 30.4. The highest BCUT2D eigenvalue weighted by molar-refractivity contribution is 5.92. The molecule has 0 radical (unpaired) electrons. The van der Waals surface area contributed by atoms with Crippen LogP contribution in [0.25, 0.3) is 0 Å². The van der Waals surface area contributed by atoms with Crippen molar-refractivity contribution < 1.29 is 19.1 Å². The fourth-order valence-corrected chi connectivity index (χ4v) is 4.94. The van der Waals surface area contributed by atoms with Crippen LogP contribution in [0, 0.1) is 12.3 Å². The lowest BCUT2D eigenvalue weighted by atomic mass is 9.87. The molecule has 1 aliphatic carbocycles. The average molecular weight is 566 g/mol. The lowest BCUT2D eigenvalue weighted by molar-refractivity contribution is -0.147. The van der Waals surface area contributed by atoms with E-state index < -0.39 is 23.8 Å². The van der Waals surface area contributed by atoms with Crippen molar-refractivity contribution in [3.05, 3.63) is 107 Å². The summed E-state index contributed by atoms with van der Waals surface area (Å²) in [6.45, 7) is 5.63. The molecule has 7 heteroatoms. The predicted molar refractivity (Wildman–Crippen MR) is 163 cm³/mol. The molecular weight excluding hydrogens is 526 g/mol. The Kier molecular flexibility index (Phi) is 10.0. The molecule has 0 aromatic heterocycles. The quantitative estimate of drug-likeness (QED) is 0.316. The predicted octanol–water partition coefficient (Wildman–Crippen LogP) is 5.54. The van der Waals surface area contributed by atoms with Gasteiger partial charge in [-0.25, -0.2) is 4.79 Å². The van der Waals surface area contributed by atoms with Crippen LogP contribution in [0.1, 0.15) is 68.3 Å². The molecular formula is C35H39N3O4. The molecule has 1 aliphatic rings. The van der Waals surface area contributed by atoms with E-state index in [0.29, 0.717) is 17.7 Å². The van der Waals surface area contributed by atoms with Gasteiger partial charge in [0.05, 0.1) is 0 Å². The van der Waals surface area contributed by atoms with E-state index in [1.165, 1.54) is 0 Å². The van der Waals surface area contributed by atoms with E-state index in [2.05, 4.69) is 16.6 Å². The van der Waals surface area contributed by atoms with Gasteiger partial charge in [0.1, 0.15) is 17.7 Å². The van der Waals surface area contributed by atoms with Gasteiger partial charge < -0.3 is 20.3 Å². The lowest BCUT2D eigenvalue weighted by Gasteiger charge is -2.43. The third-order valence-electron chi connectivity index (χ3n) is 7.22. The van der Waals surface area contributed by atoms with Gasteiger partial charge in [0, 0.05) is 24.6 Å². The molecule has 2 atom stereocenters. The van der Waals surface area contributed by atoms with Crippen molar-refractivity contribution >= 4 is 17.9 Å². The maximum Gasteiger partial charge on any atom is 0.408 e. The first-order chi connectivity index (χ1) is 20.1. The minimum Gasteiger partial charge on any atom is -0.444 e. The van der Waals surface area contributed by atoms with Gasteiger partial charge in [-0.2, -0.15) is 0 Å². The molecule has 4 rings (SSSR count). The molecule has 0 aliphatic heterocycles. The van der Waals surface area contributed by atoms with E-state index >= 15 is 0 Å². The van der Waals surface area contributed by atoms with Crippen LogP contribution in [0.3, 0.4) is 0 Å². The first-order valence-electron chi connectivity index (χ1n) is 14.4. The number of nitrogens with one attached hydrogen (secondary N) is 2. The monoisotopic (exact) mass is 565 g/mol. The molecule has 3 amide bonds. The van der Waals surface area contributed by atoms with Crippen LogP contribution >= 0.6 is 0 Å². The van der Waals surface area contributed by atoms with Gasteiger partial charge in [-0.05, 0) is 68.9 Å². The highest BCUT2D eigenvalue weighted by Gasteiger charge is 2.42. The van der Waals surface area contributed by atoms with Gasteiger partial charge in [-0.3, -0.25) is 9.59 Å². The highest BCUT2D eigenvalue weighted by Crippen LogP contribution is 2.34. The Morgan fingerprint density at radius 3 is 2.05 bits per heavy atom. The van der Waals surface area contributed by atoms with Crippen LogP contribution < -0.4 is 10.6 Å². The standard InChI is InChI=1S/C35H39N3O4/c1-5-25-19-21-28(22-20-25)31(32(39)36-24-27-15-10-7-11-16-27)38(29-17-12-18-29)33(40)30(23-26-13-8-6-9-14-26)37-34(41)42-35(2,3)4/h1,6-11,13-16,19-22,29-31H,12,17-18,23-24H2,2-4H3,(H,36,39)(H,37,41). The van der Waals surface area contributed by atoms with Gasteiger partial charge in [0.2, 0.25) is 11.8 Å². The fourth-order valence-electron chi connectivity index (χ4n) is 4.94.